The van der Waals surface area contributed by atoms with Crippen molar-refractivity contribution in [3.8, 4) is 33.6 Å². The molecular formula is C43H48N8O5. The number of amides is 3. The number of H-pyrrole nitrogens is 2. The number of pyridine rings is 1. The molecule has 2 aromatic carbocycles. The third kappa shape index (κ3) is 7.43. The Morgan fingerprint density at radius 3 is 2.12 bits per heavy atom. The number of nitrogens with zero attached hydrogens (tertiary/aromatic N) is 4. The van der Waals surface area contributed by atoms with Crippen molar-refractivity contribution in [2.24, 2.45) is 17.8 Å². The van der Waals surface area contributed by atoms with Gasteiger partial charge in [0.25, 0.3) is 0 Å². The Morgan fingerprint density at radius 1 is 0.839 bits per heavy atom. The molecule has 0 radical (unpaired) electrons. The molecule has 2 saturated carbocycles. The molecule has 8 rings (SSSR count). The largest absolute Gasteiger partial charge is 0.453 e. The van der Waals surface area contributed by atoms with Gasteiger partial charge in [0.2, 0.25) is 11.8 Å². The lowest BCUT2D eigenvalue weighted by Crippen LogP contribution is -2.54. The highest BCUT2D eigenvalue weighted by molar-refractivity contribution is 5.87. The summed E-state index contributed by atoms with van der Waals surface area (Å²) in [6.07, 6.45) is 10.9. The van der Waals surface area contributed by atoms with Crippen LogP contribution in [0, 0.1) is 17.8 Å². The molecule has 3 amide bonds. The van der Waals surface area contributed by atoms with Gasteiger partial charge in [-0.1, -0.05) is 54.6 Å². The molecule has 56 heavy (non-hydrogen) atoms. The molecule has 1 saturated heterocycles. The van der Waals surface area contributed by atoms with Crippen molar-refractivity contribution in [3.63, 3.8) is 0 Å². The van der Waals surface area contributed by atoms with E-state index in [1.165, 1.54) is 14.2 Å². The molecule has 2 bridgehead atoms. The van der Waals surface area contributed by atoms with Gasteiger partial charge in [-0.3, -0.25) is 14.6 Å². The average molecular weight is 757 g/mol. The zero-order valence-corrected chi connectivity index (χ0v) is 31.9. The molecule has 13 heteroatoms. The van der Waals surface area contributed by atoms with E-state index in [4.69, 9.17) is 14.5 Å². The molecule has 4 N–H and O–H groups in total. The lowest BCUT2D eigenvalue weighted by atomic mass is 9.78. The van der Waals surface area contributed by atoms with Gasteiger partial charge in [-0.15, -0.1) is 0 Å². The standard InChI is InChI=1S/C43H48N8O5/c1-25(55-2)38(50-43(54)56-3)42(53)51-19-5-7-35(51)39-45-23-33(48-39)29-12-8-27(9-13-29)28-10-14-30(15-11-28)34-24-46-40(49-34)36-31-16-17-32(20-31)37(36)41(52)47-22-26-6-4-18-44-21-26/h4,6,8-15,18,21,23-25,31-32,35-38H,5,7,16-17,19-20,22H2,1-3H3,(H,45,48)(H,46,49)(H,47,52)(H,50,54)/t25-,31?,32?,35+,36-,37-,38+/m1/s1. The molecule has 3 fully saturated rings. The highest BCUT2D eigenvalue weighted by Gasteiger charge is 2.52. The molecule has 4 heterocycles. The predicted molar refractivity (Wildman–Crippen MR) is 210 cm³/mol. The Bertz CT molecular complexity index is 2150. The number of imidazole rings is 2. The van der Waals surface area contributed by atoms with Crippen LogP contribution in [-0.2, 0) is 25.6 Å². The van der Waals surface area contributed by atoms with Crippen LogP contribution in [0.5, 0.6) is 0 Å². The first kappa shape index (κ1) is 37.1. The molecule has 2 aliphatic carbocycles. The number of aromatic amines is 2. The average Bonchev–Trinajstić information content (AvgIpc) is 4.10. The van der Waals surface area contributed by atoms with Crippen LogP contribution in [0.15, 0.2) is 85.5 Å². The van der Waals surface area contributed by atoms with Gasteiger partial charge in [0, 0.05) is 38.5 Å². The highest BCUT2D eigenvalue weighted by atomic mass is 16.5. The predicted octanol–water partition coefficient (Wildman–Crippen LogP) is 6.40. The lowest BCUT2D eigenvalue weighted by Gasteiger charge is -2.30. The van der Waals surface area contributed by atoms with Gasteiger partial charge >= 0.3 is 6.09 Å². The van der Waals surface area contributed by atoms with E-state index in [0.29, 0.717) is 30.7 Å². The zero-order valence-electron chi connectivity index (χ0n) is 31.9. The number of alkyl carbamates (subject to hydrolysis) is 1. The maximum absolute atomic E-state index is 13.6. The first-order valence-corrected chi connectivity index (χ1v) is 19.5. The molecule has 1 aliphatic heterocycles. The summed E-state index contributed by atoms with van der Waals surface area (Å²) < 4.78 is 10.2. The number of rotatable bonds is 12. The van der Waals surface area contributed by atoms with E-state index in [2.05, 4.69) is 79.1 Å². The van der Waals surface area contributed by atoms with Gasteiger partial charge < -0.3 is 35.0 Å². The van der Waals surface area contributed by atoms with E-state index in [1.54, 1.807) is 30.4 Å². The SMILES string of the molecule is COC(=O)N[C@H](C(=O)N1CCC[C@H]1c1ncc(-c2ccc(-c3ccc(-c4cnc([C@@H]5C6CCC(C6)[C@H]5C(=O)NCc5cccnc5)[nH]4)cc3)cc2)[nH]1)[C@@H](C)OC. The first-order valence-electron chi connectivity index (χ1n) is 19.5. The monoisotopic (exact) mass is 756 g/mol. The number of carbonyl (C=O) groups is 3. The fraction of sp³-hybridized carbons (Fsp3) is 0.395. The van der Waals surface area contributed by atoms with Gasteiger partial charge in [-0.2, -0.15) is 0 Å². The minimum Gasteiger partial charge on any atom is -0.453 e. The van der Waals surface area contributed by atoms with Crippen LogP contribution in [0.25, 0.3) is 33.6 Å². The lowest BCUT2D eigenvalue weighted by molar-refractivity contribution is -0.137. The summed E-state index contributed by atoms with van der Waals surface area (Å²) in [6, 6.07) is 19.5. The second kappa shape index (κ2) is 16.1. The molecule has 0 spiro atoms. The van der Waals surface area contributed by atoms with Crippen molar-refractivity contribution < 1.29 is 23.9 Å². The molecule has 7 atom stereocenters. The summed E-state index contributed by atoms with van der Waals surface area (Å²) in [6.45, 7) is 2.78. The van der Waals surface area contributed by atoms with Gasteiger partial charge in [0.05, 0.1) is 49.0 Å². The Labute approximate surface area is 326 Å². The van der Waals surface area contributed by atoms with Crippen LogP contribution in [-0.4, -0.2) is 80.6 Å². The molecule has 3 aromatic heterocycles. The highest BCUT2D eigenvalue weighted by Crippen LogP contribution is 2.56. The number of likely N-dealkylation sites (tertiary alicyclic amines) is 1. The Morgan fingerprint density at radius 2 is 1.48 bits per heavy atom. The van der Waals surface area contributed by atoms with E-state index >= 15 is 0 Å². The maximum atomic E-state index is 13.6. The number of hydrogen-bond acceptors (Lipinski definition) is 8. The van der Waals surface area contributed by atoms with Crippen molar-refractivity contribution in [1.29, 1.82) is 0 Å². The summed E-state index contributed by atoms with van der Waals surface area (Å²) in [5, 5.41) is 5.80. The minimum absolute atomic E-state index is 0.0793. The van der Waals surface area contributed by atoms with E-state index in [-0.39, 0.29) is 29.7 Å². The number of fused-ring (bicyclic) bond motifs is 2. The van der Waals surface area contributed by atoms with Crippen LogP contribution in [0.3, 0.4) is 0 Å². The summed E-state index contributed by atoms with van der Waals surface area (Å²) >= 11 is 0. The van der Waals surface area contributed by atoms with Gasteiger partial charge in [0.15, 0.2) is 0 Å². The zero-order chi connectivity index (χ0) is 38.8. The quantitative estimate of drug-likeness (QED) is 0.114. The number of aromatic nitrogens is 5. The number of nitrogens with one attached hydrogen (secondary N) is 4. The fourth-order valence-electron chi connectivity index (χ4n) is 9.06. The second-order valence-corrected chi connectivity index (χ2v) is 15.2. The van der Waals surface area contributed by atoms with Crippen LogP contribution in [0.2, 0.25) is 0 Å². The van der Waals surface area contributed by atoms with Gasteiger partial charge in [-0.05, 0) is 84.7 Å². The molecule has 3 aliphatic rings. The van der Waals surface area contributed by atoms with E-state index < -0.39 is 18.2 Å². The number of ether oxygens (including phenoxy) is 2. The topological polar surface area (TPSA) is 167 Å². The summed E-state index contributed by atoms with van der Waals surface area (Å²) in [5.41, 5.74) is 6.98. The maximum Gasteiger partial charge on any atom is 0.407 e. The molecule has 5 aromatic rings. The van der Waals surface area contributed by atoms with Crippen LogP contribution in [0.1, 0.15) is 68.2 Å². The number of carbonyl (C=O) groups excluding carboxylic acids is 3. The molecular weight excluding hydrogens is 709 g/mol. The van der Waals surface area contributed by atoms with Crippen molar-refractivity contribution >= 4 is 17.9 Å². The Hall–Kier alpha value is -5.82. The molecule has 290 valence electrons. The summed E-state index contributed by atoms with van der Waals surface area (Å²) in [5.74, 6) is 2.35. The van der Waals surface area contributed by atoms with Crippen molar-refractivity contribution in [2.75, 3.05) is 20.8 Å². The van der Waals surface area contributed by atoms with Crippen LogP contribution in [0.4, 0.5) is 4.79 Å². The third-order valence-electron chi connectivity index (χ3n) is 12.1. The number of methoxy groups -OCH3 is 2. The van der Waals surface area contributed by atoms with Crippen LogP contribution >= 0.6 is 0 Å². The Kier molecular flexibility index (Phi) is 10.7. The molecule has 2 unspecified atom stereocenters. The summed E-state index contributed by atoms with van der Waals surface area (Å²) in [7, 11) is 2.77. The van der Waals surface area contributed by atoms with E-state index in [1.807, 2.05) is 18.3 Å². The third-order valence-corrected chi connectivity index (χ3v) is 12.1. The minimum atomic E-state index is -0.885. The van der Waals surface area contributed by atoms with E-state index in [0.717, 1.165) is 77.1 Å². The van der Waals surface area contributed by atoms with E-state index in [9.17, 15) is 14.4 Å². The Balaban J connectivity index is 0.918. The van der Waals surface area contributed by atoms with Crippen LogP contribution < -0.4 is 10.6 Å². The fourth-order valence-corrected chi connectivity index (χ4v) is 9.06. The normalized spacial score (nSPS) is 22.5. The van der Waals surface area contributed by atoms with Crippen molar-refractivity contribution in [3.05, 3.63) is 103 Å². The number of hydrogen-bond donors (Lipinski definition) is 4. The van der Waals surface area contributed by atoms with Crippen molar-refractivity contribution in [2.45, 2.75) is 69.7 Å². The smallest absolute Gasteiger partial charge is 0.407 e. The first-order chi connectivity index (χ1) is 27.3. The summed E-state index contributed by atoms with van der Waals surface area (Å²) in [4.78, 5) is 61.6. The van der Waals surface area contributed by atoms with Gasteiger partial charge in [-0.25, -0.2) is 14.8 Å². The van der Waals surface area contributed by atoms with Crippen molar-refractivity contribution in [1.82, 2.24) is 40.5 Å². The van der Waals surface area contributed by atoms with Gasteiger partial charge in [0.1, 0.15) is 17.7 Å². The number of benzene rings is 2. The second-order valence-electron chi connectivity index (χ2n) is 15.2. The molecule has 13 nitrogen and oxygen atoms in total.